The maximum Gasteiger partial charge on any atom is 0.309 e. The van der Waals surface area contributed by atoms with Gasteiger partial charge in [-0.15, -0.1) is 0 Å². The van der Waals surface area contributed by atoms with Gasteiger partial charge in [0.25, 0.3) is 0 Å². The Morgan fingerprint density at radius 1 is 1.23 bits per heavy atom. The maximum absolute atomic E-state index is 11.4. The maximum atomic E-state index is 11.4. The number of methoxy groups -OCH3 is 2. The summed E-state index contributed by atoms with van der Waals surface area (Å²) in [5, 5.41) is 0. The fraction of sp³-hybridized carbons (Fsp3) is 0.900. The second kappa shape index (κ2) is 3.29. The zero-order valence-corrected chi connectivity index (χ0v) is 8.16. The summed E-state index contributed by atoms with van der Waals surface area (Å²) in [6.45, 7) is 0. The lowest BCUT2D eigenvalue weighted by molar-refractivity contribution is -0.149. The van der Waals surface area contributed by atoms with Gasteiger partial charge in [0.05, 0.1) is 19.1 Å². The number of carbonyl (C=O) groups excluding carboxylic acids is 1. The number of hydrogen-bond donors (Lipinski definition) is 0. The van der Waals surface area contributed by atoms with Gasteiger partial charge >= 0.3 is 5.97 Å². The zero-order valence-electron chi connectivity index (χ0n) is 8.16. The summed E-state index contributed by atoms with van der Waals surface area (Å²) >= 11 is 0. The van der Waals surface area contributed by atoms with Gasteiger partial charge < -0.3 is 9.47 Å². The number of ether oxygens (including phenoxy) is 2. The molecule has 0 aromatic heterocycles. The first-order chi connectivity index (χ1) is 6.26. The molecule has 13 heavy (non-hydrogen) atoms. The minimum Gasteiger partial charge on any atom is -0.469 e. The van der Waals surface area contributed by atoms with Crippen molar-refractivity contribution in [3.63, 3.8) is 0 Å². The first-order valence-corrected chi connectivity index (χ1v) is 4.87. The Labute approximate surface area is 78.4 Å². The average molecular weight is 184 g/mol. The minimum absolute atomic E-state index is 0.0470. The molecule has 0 heterocycles. The van der Waals surface area contributed by atoms with Crippen molar-refractivity contribution >= 4 is 5.97 Å². The predicted octanol–water partition coefficient (Wildman–Crippen LogP) is 1.22. The van der Waals surface area contributed by atoms with E-state index in [-0.39, 0.29) is 11.9 Å². The minimum atomic E-state index is -0.0470. The molecule has 0 aromatic carbocycles. The molecule has 74 valence electrons. The van der Waals surface area contributed by atoms with Crippen LogP contribution >= 0.6 is 0 Å². The Hall–Kier alpha value is -0.570. The van der Waals surface area contributed by atoms with Crippen molar-refractivity contribution in [2.24, 2.45) is 17.8 Å². The van der Waals surface area contributed by atoms with Crippen LogP contribution in [-0.4, -0.2) is 26.3 Å². The SMILES string of the molecule is COC(=O)[C@@H]1C[C@@H]2C[C@H]1[C@@H](OC)C2. The molecule has 0 spiro atoms. The van der Waals surface area contributed by atoms with E-state index >= 15 is 0 Å². The van der Waals surface area contributed by atoms with E-state index in [1.54, 1.807) is 7.11 Å². The molecule has 2 fully saturated rings. The van der Waals surface area contributed by atoms with E-state index in [0.717, 1.165) is 19.3 Å². The first-order valence-electron chi connectivity index (χ1n) is 4.87. The molecule has 2 aliphatic carbocycles. The van der Waals surface area contributed by atoms with Gasteiger partial charge in [-0.25, -0.2) is 0 Å². The van der Waals surface area contributed by atoms with Gasteiger partial charge in [-0.3, -0.25) is 4.79 Å². The fourth-order valence-corrected chi connectivity index (χ4v) is 2.98. The molecular formula is C10H16O3. The molecule has 2 saturated carbocycles. The van der Waals surface area contributed by atoms with Crippen molar-refractivity contribution in [2.75, 3.05) is 14.2 Å². The van der Waals surface area contributed by atoms with Crippen LogP contribution in [0.5, 0.6) is 0 Å². The van der Waals surface area contributed by atoms with Crippen molar-refractivity contribution in [3.8, 4) is 0 Å². The van der Waals surface area contributed by atoms with Gasteiger partial charge in [-0.1, -0.05) is 0 Å². The predicted molar refractivity (Wildman–Crippen MR) is 47.1 cm³/mol. The molecule has 4 atom stereocenters. The quantitative estimate of drug-likeness (QED) is 0.605. The van der Waals surface area contributed by atoms with Gasteiger partial charge in [-0.2, -0.15) is 0 Å². The van der Waals surface area contributed by atoms with Crippen molar-refractivity contribution in [1.82, 2.24) is 0 Å². The zero-order chi connectivity index (χ0) is 9.42. The highest BCUT2D eigenvalue weighted by atomic mass is 16.5. The molecule has 2 bridgehead atoms. The standard InChI is InChI=1S/C10H16O3/c1-12-9-5-6-3-7(9)8(4-6)10(11)13-2/h6-9H,3-5H2,1-2H3/t6-,7+,8+,9-/m0/s1. The smallest absolute Gasteiger partial charge is 0.309 e. The molecule has 0 amide bonds. The monoisotopic (exact) mass is 184 g/mol. The highest BCUT2D eigenvalue weighted by molar-refractivity contribution is 5.73. The van der Waals surface area contributed by atoms with Gasteiger partial charge in [0.2, 0.25) is 0 Å². The highest BCUT2D eigenvalue weighted by Gasteiger charge is 2.49. The van der Waals surface area contributed by atoms with Crippen LogP contribution in [0.3, 0.4) is 0 Å². The lowest BCUT2D eigenvalue weighted by atomic mass is 9.87. The van der Waals surface area contributed by atoms with Crippen LogP contribution in [0.15, 0.2) is 0 Å². The second-order valence-corrected chi connectivity index (χ2v) is 4.14. The lowest BCUT2D eigenvalue weighted by Gasteiger charge is -2.26. The highest BCUT2D eigenvalue weighted by Crippen LogP contribution is 2.49. The molecular weight excluding hydrogens is 168 g/mol. The van der Waals surface area contributed by atoms with E-state index in [1.807, 2.05) is 0 Å². The van der Waals surface area contributed by atoms with Crippen molar-refractivity contribution < 1.29 is 14.3 Å². The van der Waals surface area contributed by atoms with Gasteiger partial charge in [0, 0.05) is 7.11 Å². The molecule has 0 aromatic rings. The Morgan fingerprint density at radius 2 is 2.00 bits per heavy atom. The largest absolute Gasteiger partial charge is 0.469 e. The second-order valence-electron chi connectivity index (χ2n) is 4.14. The summed E-state index contributed by atoms with van der Waals surface area (Å²) in [6.07, 6.45) is 3.59. The third-order valence-corrected chi connectivity index (χ3v) is 3.56. The van der Waals surface area contributed by atoms with Crippen LogP contribution in [0, 0.1) is 17.8 Å². The normalized spacial score (nSPS) is 42.3. The summed E-state index contributed by atoms with van der Waals surface area (Å²) in [6, 6.07) is 0. The third kappa shape index (κ3) is 1.35. The summed E-state index contributed by atoms with van der Waals surface area (Å²) < 4.78 is 10.1. The Balaban J connectivity index is 2.05. The Bertz CT molecular complexity index is 214. The molecule has 0 aliphatic heterocycles. The summed E-state index contributed by atoms with van der Waals surface area (Å²) in [5.74, 6) is 1.17. The Kier molecular flexibility index (Phi) is 2.28. The summed E-state index contributed by atoms with van der Waals surface area (Å²) in [4.78, 5) is 11.4. The van der Waals surface area contributed by atoms with E-state index in [9.17, 15) is 4.79 Å². The molecule has 0 N–H and O–H groups in total. The summed E-state index contributed by atoms with van der Waals surface area (Å²) in [7, 11) is 3.20. The number of hydrogen-bond acceptors (Lipinski definition) is 3. The van der Waals surface area contributed by atoms with Crippen LogP contribution in [-0.2, 0) is 14.3 Å². The molecule has 0 saturated heterocycles. The van der Waals surface area contributed by atoms with E-state index in [2.05, 4.69) is 0 Å². The van der Waals surface area contributed by atoms with Crippen molar-refractivity contribution in [2.45, 2.75) is 25.4 Å². The van der Waals surface area contributed by atoms with Crippen molar-refractivity contribution in [3.05, 3.63) is 0 Å². The average Bonchev–Trinajstić information content (AvgIpc) is 2.74. The topological polar surface area (TPSA) is 35.5 Å². The number of fused-ring (bicyclic) bond motifs is 2. The van der Waals surface area contributed by atoms with Gasteiger partial charge in [0.15, 0.2) is 0 Å². The fourth-order valence-electron chi connectivity index (χ4n) is 2.98. The summed E-state index contributed by atoms with van der Waals surface area (Å²) in [5.41, 5.74) is 0. The molecule has 3 heteroatoms. The number of esters is 1. The first kappa shape index (κ1) is 9.00. The number of rotatable bonds is 2. The lowest BCUT2D eigenvalue weighted by Crippen LogP contribution is -2.31. The van der Waals surface area contributed by atoms with Gasteiger partial charge in [-0.05, 0) is 31.1 Å². The van der Waals surface area contributed by atoms with E-state index < -0.39 is 0 Å². The van der Waals surface area contributed by atoms with Crippen LogP contribution in [0.2, 0.25) is 0 Å². The Morgan fingerprint density at radius 3 is 2.54 bits per heavy atom. The van der Waals surface area contributed by atoms with E-state index in [0.29, 0.717) is 17.9 Å². The van der Waals surface area contributed by atoms with Crippen LogP contribution in [0.4, 0.5) is 0 Å². The molecule has 3 nitrogen and oxygen atoms in total. The molecule has 0 unspecified atom stereocenters. The molecule has 2 rings (SSSR count). The van der Waals surface area contributed by atoms with Gasteiger partial charge in [0.1, 0.15) is 0 Å². The molecule has 2 aliphatic rings. The van der Waals surface area contributed by atoms with Crippen LogP contribution in [0.25, 0.3) is 0 Å². The van der Waals surface area contributed by atoms with Crippen molar-refractivity contribution in [1.29, 1.82) is 0 Å². The van der Waals surface area contributed by atoms with E-state index in [4.69, 9.17) is 9.47 Å². The molecule has 0 radical (unpaired) electrons. The van der Waals surface area contributed by atoms with Crippen LogP contribution < -0.4 is 0 Å². The van der Waals surface area contributed by atoms with E-state index in [1.165, 1.54) is 7.11 Å². The van der Waals surface area contributed by atoms with Crippen LogP contribution in [0.1, 0.15) is 19.3 Å². The number of carbonyl (C=O) groups is 1. The third-order valence-electron chi connectivity index (χ3n) is 3.56.